The SMILES string of the molecule is O=C(O)CCNC(=O)Nc1ccc(CC(=O)N2CCCc3ccccc32)cc1. The maximum absolute atomic E-state index is 12.8. The van der Waals surface area contributed by atoms with E-state index in [-0.39, 0.29) is 18.9 Å². The van der Waals surface area contributed by atoms with Gasteiger partial charge in [0.25, 0.3) is 0 Å². The molecule has 0 atom stereocenters. The molecule has 0 radical (unpaired) electrons. The van der Waals surface area contributed by atoms with Crippen molar-refractivity contribution in [3.05, 3.63) is 59.7 Å². The summed E-state index contributed by atoms with van der Waals surface area (Å²) in [5, 5.41) is 13.7. The minimum Gasteiger partial charge on any atom is -0.481 e. The van der Waals surface area contributed by atoms with Crippen LogP contribution in [0.4, 0.5) is 16.2 Å². The van der Waals surface area contributed by atoms with Crippen molar-refractivity contribution in [2.75, 3.05) is 23.3 Å². The zero-order chi connectivity index (χ0) is 19.9. The van der Waals surface area contributed by atoms with Crippen LogP contribution >= 0.6 is 0 Å². The van der Waals surface area contributed by atoms with Gasteiger partial charge in [-0.15, -0.1) is 0 Å². The number of carbonyl (C=O) groups excluding carboxylic acids is 2. The second-order valence-corrected chi connectivity index (χ2v) is 6.68. The maximum Gasteiger partial charge on any atom is 0.319 e. The number of nitrogens with one attached hydrogen (secondary N) is 2. The summed E-state index contributed by atoms with van der Waals surface area (Å²) < 4.78 is 0. The first kappa shape index (κ1) is 19.4. The summed E-state index contributed by atoms with van der Waals surface area (Å²) in [5.74, 6) is -0.912. The highest BCUT2D eigenvalue weighted by molar-refractivity contribution is 5.96. The van der Waals surface area contributed by atoms with Crippen LogP contribution in [0.3, 0.4) is 0 Å². The van der Waals surface area contributed by atoms with Crippen molar-refractivity contribution in [2.45, 2.75) is 25.7 Å². The molecule has 3 amide bonds. The Bertz CT molecular complexity index is 864. The van der Waals surface area contributed by atoms with Gasteiger partial charge in [0.2, 0.25) is 5.91 Å². The van der Waals surface area contributed by atoms with E-state index in [9.17, 15) is 14.4 Å². The van der Waals surface area contributed by atoms with E-state index < -0.39 is 12.0 Å². The van der Waals surface area contributed by atoms with Gasteiger partial charge in [-0.05, 0) is 42.2 Å². The van der Waals surface area contributed by atoms with Crippen LogP contribution in [-0.4, -0.2) is 36.1 Å². The third-order valence-electron chi connectivity index (χ3n) is 4.60. The molecule has 146 valence electrons. The fraction of sp³-hybridized carbons (Fsp3) is 0.286. The molecule has 0 unspecified atom stereocenters. The van der Waals surface area contributed by atoms with E-state index in [0.29, 0.717) is 12.1 Å². The lowest BCUT2D eigenvalue weighted by molar-refractivity contribution is -0.136. The number of nitrogens with zero attached hydrogens (tertiary/aromatic N) is 1. The van der Waals surface area contributed by atoms with Crippen molar-refractivity contribution in [3.8, 4) is 0 Å². The molecule has 0 aliphatic carbocycles. The number of aryl methyl sites for hydroxylation is 1. The Kier molecular flexibility index (Phi) is 6.26. The highest BCUT2D eigenvalue weighted by Gasteiger charge is 2.22. The van der Waals surface area contributed by atoms with Gasteiger partial charge in [-0.25, -0.2) is 4.79 Å². The van der Waals surface area contributed by atoms with Crippen molar-refractivity contribution < 1.29 is 19.5 Å². The molecule has 0 saturated carbocycles. The number of amides is 3. The molecule has 3 N–H and O–H groups in total. The van der Waals surface area contributed by atoms with Crippen molar-refractivity contribution >= 4 is 29.3 Å². The maximum atomic E-state index is 12.8. The van der Waals surface area contributed by atoms with E-state index in [1.54, 1.807) is 24.3 Å². The van der Waals surface area contributed by atoms with Gasteiger partial charge < -0.3 is 20.6 Å². The van der Waals surface area contributed by atoms with E-state index in [0.717, 1.165) is 30.6 Å². The second-order valence-electron chi connectivity index (χ2n) is 6.68. The van der Waals surface area contributed by atoms with Crippen LogP contribution in [-0.2, 0) is 22.4 Å². The van der Waals surface area contributed by atoms with Gasteiger partial charge in [0, 0.05) is 24.5 Å². The number of hydrogen-bond acceptors (Lipinski definition) is 3. The van der Waals surface area contributed by atoms with Gasteiger partial charge in [-0.2, -0.15) is 0 Å². The molecule has 1 aliphatic rings. The average Bonchev–Trinajstić information content (AvgIpc) is 2.68. The first-order valence-electron chi connectivity index (χ1n) is 9.27. The van der Waals surface area contributed by atoms with E-state index in [4.69, 9.17) is 5.11 Å². The molecule has 0 saturated heterocycles. The van der Waals surface area contributed by atoms with Gasteiger partial charge in [-0.1, -0.05) is 30.3 Å². The van der Waals surface area contributed by atoms with E-state index in [1.807, 2.05) is 23.1 Å². The summed E-state index contributed by atoms with van der Waals surface area (Å²) in [6.45, 7) is 0.789. The molecule has 2 aromatic rings. The standard InChI is InChI=1S/C21H23N3O4/c25-19(24-13-3-5-16-4-1-2-6-18(16)24)14-15-7-9-17(10-8-15)23-21(28)22-12-11-20(26)27/h1-2,4,6-10H,3,5,11-14H2,(H,26,27)(H2,22,23,28). The Labute approximate surface area is 163 Å². The molecule has 3 rings (SSSR count). The Morgan fingerprint density at radius 3 is 2.54 bits per heavy atom. The lowest BCUT2D eigenvalue weighted by Gasteiger charge is -2.29. The molecule has 0 spiro atoms. The van der Waals surface area contributed by atoms with Gasteiger partial charge in [0.1, 0.15) is 0 Å². The predicted octanol–water partition coefficient (Wildman–Crippen LogP) is 2.80. The smallest absolute Gasteiger partial charge is 0.319 e. The van der Waals surface area contributed by atoms with Crippen molar-refractivity contribution in [1.29, 1.82) is 0 Å². The summed E-state index contributed by atoms with van der Waals surface area (Å²) in [5.41, 5.74) is 3.64. The van der Waals surface area contributed by atoms with Crippen LogP contribution in [0, 0.1) is 0 Å². The van der Waals surface area contributed by atoms with Crippen LogP contribution < -0.4 is 15.5 Å². The third-order valence-corrected chi connectivity index (χ3v) is 4.60. The minimum atomic E-state index is -0.967. The number of carboxylic acids is 1. The van der Waals surface area contributed by atoms with Crippen LogP contribution in [0.25, 0.3) is 0 Å². The second kappa shape index (κ2) is 9.03. The molecule has 2 aromatic carbocycles. The fourth-order valence-electron chi connectivity index (χ4n) is 3.23. The predicted molar refractivity (Wildman–Crippen MR) is 107 cm³/mol. The molecule has 1 aliphatic heterocycles. The summed E-state index contributed by atoms with van der Waals surface area (Å²) in [6.07, 6.45) is 2.12. The molecular formula is C21H23N3O4. The zero-order valence-electron chi connectivity index (χ0n) is 15.5. The Morgan fingerprint density at radius 2 is 1.79 bits per heavy atom. The van der Waals surface area contributed by atoms with E-state index >= 15 is 0 Å². The van der Waals surface area contributed by atoms with Gasteiger partial charge >= 0.3 is 12.0 Å². The lowest BCUT2D eigenvalue weighted by Crippen LogP contribution is -2.36. The largest absolute Gasteiger partial charge is 0.481 e. The summed E-state index contributed by atoms with van der Waals surface area (Å²) >= 11 is 0. The topological polar surface area (TPSA) is 98.7 Å². The molecule has 28 heavy (non-hydrogen) atoms. The Balaban J connectivity index is 1.55. The number of urea groups is 1. The number of fused-ring (bicyclic) bond motifs is 1. The fourth-order valence-corrected chi connectivity index (χ4v) is 3.23. The van der Waals surface area contributed by atoms with Crippen LogP contribution in [0.15, 0.2) is 48.5 Å². The number of benzene rings is 2. The number of rotatable bonds is 6. The first-order chi connectivity index (χ1) is 13.5. The number of aliphatic carboxylic acids is 1. The monoisotopic (exact) mass is 381 g/mol. The number of para-hydroxylation sites is 1. The molecule has 7 nitrogen and oxygen atoms in total. The molecule has 0 fully saturated rings. The highest BCUT2D eigenvalue weighted by atomic mass is 16.4. The average molecular weight is 381 g/mol. The third kappa shape index (κ3) is 5.09. The zero-order valence-corrected chi connectivity index (χ0v) is 15.5. The molecule has 0 bridgehead atoms. The number of carbonyl (C=O) groups is 3. The quantitative estimate of drug-likeness (QED) is 0.716. The van der Waals surface area contributed by atoms with Crippen molar-refractivity contribution in [1.82, 2.24) is 5.32 Å². The number of carboxylic acid groups (broad SMARTS) is 1. The van der Waals surface area contributed by atoms with E-state index in [1.165, 1.54) is 5.56 Å². The molecule has 1 heterocycles. The van der Waals surface area contributed by atoms with Gasteiger partial charge in [0.15, 0.2) is 0 Å². The first-order valence-corrected chi connectivity index (χ1v) is 9.27. The summed E-state index contributed by atoms with van der Waals surface area (Å²) in [7, 11) is 0. The summed E-state index contributed by atoms with van der Waals surface area (Å²) in [4.78, 5) is 36.8. The Morgan fingerprint density at radius 1 is 1.04 bits per heavy atom. The number of hydrogen-bond donors (Lipinski definition) is 3. The van der Waals surface area contributed by atoms with E-state index in [2.05, 4.69) is 16.7 Å². The van der Waals surface area contributed by atoms with Crippen LogP contribution in [0.2, 0.25) is 0 Å². The highest BCUT2D eigenvalue weighted by Crippen LogP contribution is 2.27. The minimum absolute atomic E-state index is 0.0549. The summed E-state index contributed by atoms with van der Waals surface area (Å²) in [6, 6.07) is 14.6. The van der Waals surface area contributed by atoms with Gasteiger partial charge in [-0.3, -0.25) is 9.59 Å². The Hall–Kier alpha value is -3.35. The number of anilines is 2. The van der Waals surface area contributed by atoms with Crippen LogP contribution in [0.1, 0.15) is 24.0 Å². The normalized spacial score (nSPS) is 12.8. The van der Waals surface area contributed by atoms with Gasteiger partial charge in [0.05, 0.1) is 12.8 Å². The molecular weight excluding hydrogens is 358 g/mol. The van der Waals surface area contributed by atoms with Crippen LogP contribution in [0.5, 0.6) is 0 Å². The lowest BCUT2D eigenvalue weighted by atomic mass is 10.0. The van der Waals surface area contributed by atoms with Crippen molar-refractivity contribution in [2.24, 2.45) is 0 Å². The molecule has 7 heteroatoms. The molecule has 0 aromatic heterocycles. The van der Waals surface area contributed by atoms with Crippen molar-refractivity contribution in [3.63, 3.8) is 0 Å².